The first kappa shape index (κ1) is 12.8. The lowest BCUT2D eigenvalue weighted by atomic mass is 10.1. The molecule has 0 aromatic heterocycles. The Morgan fingerprint density at radius 2 is 2.00 bits per heavy atom. The predicted octanol–water partition coefficient (Wildman–Crippen LogP) is -0.129. The van der Waals surface area contributed by atoms with Crippen molar-refractivity contribution in [2.24, 2.45) is 0 Å². The smallest absolute Gasteiger partial charge is 0.316 e. The number of carbonyl (C=O) groups is 3. The number of likely N-dealkylation sites (tertiary alicyclic amines) is 1. The third-order valence-corrected chi connectivity index (χ3v) is 3.13. The summed E-state index contributed by atoms with van der Waals surface area (Å²) in [5, 5.41) is 3.23. The fourth-order valence-corrected chi connectivity index (χ4v) is 2.22. The summed E-state index contributed by atoms with van der Waals surface area (Å²) in [7, 11) is 1.98. The number of nitrogens with zero attached hydrogens (tertiary/aromatic N) is 2. The number of imide groups is 1. The van der Waals surface area contributed by atoms with Gasteiger partial charge in [0, 0.05) is 25.4 Å². The average Bonchev–Trinajstić information content (AvgIpc) is 2.61. The molecular weight excluding hydrogens is 238 g/mol. The maximum Gasteiger partial charge on any atom is 0.432 e. The van der Waals surface area contributed by atoms with Crippen molar-refractivity contribution in [2.75, 3.05) is 20.1 Å². The molecule has 2 heterocycles. The van der Waals surface area contributed by atoms with Gasteiger partial charge in [0.1, 0.15) is 0 Å². The highest BCUT2D eigenvalue weighted by Crippen LogP contribution is 2.13. The molecule has 18 heavy (non-hydrogen) atoms. The number of amides is 3. The fraction of sp³-hybridized carbons (Fsp3) is 0.727. The Kier molecular flexibility index (Phi) is 3.81. The minimum absolute atomic E-state index is 0.00376. The molecule has 100 valence electrons. The lowest BCUT2D eigenvalue weighted by Crippen LogP contribution is -2.48. The monoisotopic (exact) mass is 255 g/mol. The molecule has 7 nitrogen and oxygen atoms in total. The van der Waals surface area contributed by atoms with E-state index in [0.717, 1.165) is 25.9 Å². The van der Waals surface area contributed by atoms with Gasteiger partial charge in [0.25, 0.3) is 11.8 Å². The van der Waals surface area contributed by atoms with Gasteiger partial charge < -0.3 is 15.1 Å². The second-order valence-corrected chi connectivity index (χ2v) is 4.71. The van der Waals surface area contributed by atoms with Gasteiger partial charge in [-0.25, -0.2) is 4.79 Å². The number of nitrogens with one attached hydrogen (secondary N) is 1. The zero-order valence-electron chi connectivity index (χ0n) is 10.3. The lowest BCUT2D eigenvalue weighted by molar-refractivity contribution is -0.171. The van der Waals surface area contributed by atoms with Crippen LogP contribution in [0.2, 0.25) is 0 Å². The maximum atomic E-state index is 11.6. The topological polar surface area (TPSA) is 79.0 Å². The highest BCUT2D eigenvalue weighted by Gasteiger charge is 2.33. The standard InChI is InChI=1S/C11H17N3O4/c1-13-6-2-3-8(7-13)12-11(17)18-14-9(15)4-5-10(14)16/h8H,2-7H2,1H3,(H,12,17). The Labute approximate surface area is 105 Å². The first-order valence-electron chi connectivity index (χ1n) is 6.09. The van der Waals surface area contributed by atoms with Crippen molar-refractivity contribution >= 4 is 17.9 Å². The van der Waals surface area contributed by atoms with E-state index >= 15 is 0 Å². The van der Waals surface area contributed by atoms with Crippen molar-refractivity contribution in [3.05, 3.63) is 0 Å². The Morgan fingerprint density at radius 1 is 1.33 bits per heavy atom. The van der Waals surface area contributed by atoms with Gasteiger partial charge in [-0.15, -0.1) is 5.06 Å². The van der Waals surface area contributed by atoms with Crippen LogP contribution in [0, 0.1) is 0 Å². The van der Waals surface area contributed by atoms with Gasteiger partial charge in [0.2, 0.25) is 0 Å². The van der Waals surface area contributed by atoms with Crippen molar-refractivity contribution in [1.29, 1.82) is 0 Å². The van der Waals surface area contributed by atoms with Crippen LogP contribution in [-0.4, -0.2) is 54.0 Å². The average molecular weight is 255 g/mol. The van der Waals surface area contributed by atoms with E-state index in [-0.39, 0.29) is 18.9 Å². The molecule has 0 aromatic carbocycles. The van der Waals surface area contributed by atoms with E-state index in [4.69, 9.17) is 4.84 Å². The quantitative estimate of drug-likeness (QED) is 0.695. The number of likely N-dealkylation sites (N-methyl/N-ethyl adjacent to an activating group) is 1. The first-order chi connectivity index (χ1) is 8.56. The van der Waals surface area contributed by atoms with Crippen LogP contribution in [0.5, 0.6) is 0 Å². The van der Waals surface area contributed by atoms with Crippen molar-refractivity contribution in [3.63, 3.8) is 0 Å². The molecule has 2 aliphatic heterocycles. The minimum Gasteiger partial charge on any atom is -0.316 e. The molecule has 3 amide bonds. The van der Waals surface area contributed by atoms with E-state index in [1.807, 2.05) is 7.05 Å². The van der Waals surface area contributed by atoms with Crippen molar-refractivity contribution in [3.8, 4) is 0 Å². The molecule has 2 fully saturated rings. The largest absolute Gasteiger partial charge is 0.432 e. The number of hydroxylamine groups is 2. The Hall–Kier alpha value is -1.63. The zero-order valence-corrected chi connectivity index (χ0v) is 10.3. The summed E-state index contributed by atoms with van der Waals surface area (Å²) in [5.41, 5.74) is 0. The first-order valence-corrected chi connectivity index (χ1v) is 6.09. The third kappa shape index (κ3) is 2.98. The fourth-order valence-electron chi connectivity index (χ4n) is 2.22. The van der Waals surface area contributed by atoms with Gasteiger partial charge >= 0.3 is 6.09 Å². The zero-order chi connectivity index (χ0) is 13.1. The van der Waals surface area contributed by atoms with E-state index in [1.54, 1.807) is 0 Å². The molecule has 2 saturated heterocycles. The van der Waals surface area contributed by atoms with Crippen LogP contribution in [0.15, 0.2) is 0 Å². The molecule has 0 bridgehead atoms. The van der Waals surface area contributed by atoms with Gasteiger partial charge in [-0.05, 0) is 26.4 Å². The SMILES string of the molecule is CN1CCCC(NC(=O)ON2C(=O)CCC2=O)C1. The van der Waals surface area contributed by atoms with Crippen molar-refractivity contribution in [1.82, 2.24) is 15.3 Å². The lowest BCUT2D eigenvalue weighted by Gasteiger charge is -2.30. The van der Waals surface area contributed by atoms with Gasteiger partial charge in [-0.2, -0.15) is 0 Å². The highest BCUT2D eigenvalue weighted by atomic mass is 16.7. The summed E-state index contributed by atoms with van der Waals surface area (Å²) >= 11 is 0. The number of rotatable bonds is 2. The van der Waals surface area contributed by atoms with Gasteiger partial charge in [0.05, 0.1) is 0 Å². The van der Waals surface area contributed by atoms with Gasteiger partial charge in [-0.3, -0.25) is 9.59 Å². The molecule has 2 rings (SSSR count). The molecular formula is C11H17N3O4. The van der Waals surface area contributed by atoms with Crippen LogP contribution in [0.1, 0.15) is 25.7 Å². The van der Waals surface area contributed by atoms with E-state index in [0.29, 0.717) is 5.06 Å². The molecule has 1 atom stereocenters. The molecule has 0 spiro atoms. The van der Waals surface area contributed by atoms with Crippen LogP contribution in [0.25, 0.3) is 0 Å². The van der Waals surface area contributed by atoms with Crippen LogP contribution in [-0.2, 0) is 14.4 Å². The number of piperidine rings is 1. The molecule has 0 aliphatic carbocycles. The van der Waals surface area contributed by atoms with Crippen LogP contribution in [0.4, 0.5) is 4.79 Å². The summed E-state index contributed by atoms with van der Waals surface area (Å²) in [6.07, 6.45) is 1.36. The third-order valence-electron chi connectivity index (χ3n) is 3.13. The molecule has 0 saturated carbocycles. The molecule has 0 radical (unpaired) electrons. The number of carbonyl (C=O) groups excluding carboxylic acids is 3. The predicted molar refractivity (Wildman–Crippen MR) is 61.2 cm³/mol. The van der Waals surface area contributed by atoms with Crippen molar-refractivity contribution < 1.29 is 19.2 Å². The molecule has 1 unspecified atom stereocenters. The van der Waals surface area contributed by atoms with Gasteiger partial charge in [-0.1, -0.05) is 0 Å². The van der Waals surface area contributed by atoms with E-state index in [9.17, 15) is 14.4 Å². The highest BCUT2D eigenvalue weighted by molar-refractivity contribution is 6.01. The Morgan fingerprint density at radius 3 is 2.61 bits per heavy atom. The maximum absolute atomic E-state index is 11.6. The summed E-state index contributed by atoms with van der Waals surface area (Å²) in [6.45, 7) is 1.76. The summed E-state index contributed by atoms with van der Waals surface area (Å²) < 4.78 is 0. The number of hydrogen-bond donors (Lipinski definition) is 1. The molecule has 1 N–H and O–H groups in total. The molecule has 7 heteroatoms. The minimum atomic E-state index is -0.737. The second-order valence-electron chi connectivity index (χ2n) is 4.71. The molecule has 2 aliphatic rings. The summed E-state index contributed by atoms with van der Waals surface area (Å²) in [6, 6.07) is 0.00376. The number of hydrogen-bond acceptors (Lipinski definition) is 5. The molecule has 0 aromatic rings. The Balaban J connectivity index is 1.81. The van der Waals surface area contributed by atoms with Gasteiger partial charge in [0.15, 0.2) is 0 Å². The van der Waals surface area contributed by atoms with Crippen molar-refractivity contribution in [2.45, 2.75) is 31.7 Å². The summed E-state index contributed by atoms with van der Waals surface area (Å²) in [4.78, 5) is 40.9. The summed E-state index contributed by atoms with van der Waals surface area (Å²) in [5.74, 6) is -0.924. The van der Waals surface area contributed by atoms with E-state index in [1.165, 1.54) is 0 Å². The van der Waals surface area contributed by atoms with Crippen LogP contribution >= 0.6 is 0 Å². The normalized spacial score (nSPS) is 25.4. The van der Waals surface area contributed by atoms with E-state index in [2.05, 4.69) is 10.2 Å². The van der Waals surface area contributed by atoms with E-state index < -0.39 is 17.9 Å². The van der Waals surface area contributed by atoms with Crippen LogP contribution in [0.3, 0.4) is 0 Å². The second kappa shape index (κ2) is 5.34. The van der Waals surface area contributed by atoms with Crippen LogP contribution < -0.4 is 5.32 Å². The Bertz CT molecular complexity index is 355.